The largest absolute Gasteiger partial charge is 0.444 e. The van der Waals surface area contributed by atoms with Crippen molar-refractivity contribution < 1.29 is 9.53 Å². The number of nitrogens with zero attached hydrogens (tertiary/aromatic N) is 2. The Balaban J connectivity index is 1.55. The molecule has 1 aliphatic carbocycles. The van der Waals surface area contributed by atoms with Gasteiger partial charge in [-0.2, -0.15) is 0 Å². The van der Waals surface area contributed by atoms with Gasteiger partial charge in [0.2, 0.25) is 0 Å². The van der Waals surface area contributed by atoms with E-state index in [0.717, 1.165) is 25.9 Å². The second-order valence-electron chi connectivity index (χ2n) is 10.3. The Morgan fingerprint density at radius 2 is 1.77 bits per heavy atom. The van der Waals surface area contributed by atoms with Crippen LogP contribution in [-0.2, 0) is 10.2 Å². The average molecular weight is 359 g/mol. The summed E-state index contributed by atoms with van der Waals surface area (Å²) in [6.45, 7) is 14.1. The van der Waals surface area contributed by atoms with Crippen molar-refractivity contribution in [3.05, 3.63) is 29.6 Å². The molecule has 0 atom stereocenters. The minimum Gasteiger partial charge on any atom is -0.444 e. The summed E-state index contributed by atoms with van der Waals surface area (Å²) in [6, 6.07) is 4.48. The molecule has 0 unspecified atom stereocenters. The van der Waals surface area contributed by atoms with Gasteiger partial charge in [0.15, 0.2) is 0 Å². The molecule has 4 heteroatoms. The van der Waals surface area contributed by atoms with E-state index in [1.165, 1.54) is 24.1 Å². The second kappa shape index (κ2) is 6.54. The number of piperidine rings is 1. The van der Waals surface area contributed by atoms with E-state index in [0.29, 0.717) is 11.3 Å². The maximum atomic E-state index is 12.2. The van der Waals surface area contributed by atoms with Crippen molar-refractivity contribution in [2.75, 3.05) is 13.1 Å². The fourth-order valence-corrected chi connectivity index (χ4v) is 4.23. The van der Waals surface area contributed by atoms with E-state index in [1.807, 2.05) is 31.9 Å². The number of carbonyl (C=O) groups is 1. The summed E-state index contributed by atoms with van der Waals surface area (Å²) in [5, 5.41) is 0. The topological polar surface area (TPSA) is 42.4 Å². The van der Waals surface area contributed by atoms with E-state index in [-0.39, 0.29) is 11.5 Å². The molecule has 2 aliphatic rings. The van der Waals surface area contributed by atoms with Crippen molar-refractivity contribution >= 4 is 6.09 Å². The van der Waals surface area contributed by atoms with Crippen LogP contribution in [-0.4, -0.2) is 34.7 Å². The summed E-state index contributed by atoms with van der Waals surface area (Å²) in [6.07, 6.45) is 6.48. The first-order valence-electron chi connectivity index (χ1n) is 9.92. The molecule has 0 N–H and O–H groups in total. The predicted octanol–water partition coefficient (Wildman–Crippen LogP) is 5.27. The third-order valence-electron chi connectivity index (χ3n) is 5.86. The molecule has 1 saturated heterocycles. The number of likely N-dealkylation sites (tertiary alicyclic amines) is 1. The van der Waals surface area contributed by atoms with Crippen LogP contribution in [0, 0.1) is 5.41 Å². The first kappa shape index (κ1) is 19.2. The van der Waals surface area contributed by atoms with Crippen molar-refractivity contribution in [2.45, 2.75) is 84.2 Å². The van der Waals surface area contributed by atoms with Crippen LogP contribution in [0.3, 0.4) is 0 Å². The van der Waals surface area contributed by atoms with E-state index in [2.05, 4.69) is 37.9 Å². The Bertz CT molecular complexity index is 653. The Hall–Kier alpha value is -1.58. The molecule has 4 nitrogen and oxygen atoms in total. The maximum absolute atomic E-state index is 12.2. The molecular weight excluding hydrogens is 324 g/mol. The zero-order chi connectivity index (χ0) is 19.2. The van der Waals surface area contributed by atoms with Crippen LogP contribution in [0.5, 0.6) is 0 Å². The molecule has 1 aromatic rings. The minimum atomic E-state index is -0.417. The van der Waals surface area contributed by atoms with Crippen LogP contribution in [0.4, 0.5) is 4.79 Å². The molecule has 0 bridgehead atoms. The number of pyridine rings is 1. The van der Waals surface area contributed by atoms with Crippen LogP contribution in [0.15, 0.2) is 18.3 Å². The van der Waals surface area contributed by atoms with Gasteiger partial charge in [-0.15, -0.1) is 0 Å². The highest BCUT2D eigenvalue weighted by Crippen LogP contribution is 2.56. The Labute approximate surface area is 158 Å². The number of carbonyl (C=O) groups excluding carboxylic acids is 1. The SMILES string of the molecule is CC(C)(C)OC(=O)N1CCC2(CC1)CC(c1ccnc(C(C)(C)C)c1)C2. The highest BCUT2D eigenvalue weighted by Gasteiger charge is 2.47. The molecule has 2 fully saturated rings. The summed E-state index contributed by atoms with van der Waals surface area (Å²) >= 11 is 0. The molecule has 1 spiro atoms. The lowest BCUT2D eigenvalue weighted by Crippen LogP contribution is -2.49. The van der Waals surface area contributed by atoms with Gasteiger partial charge in [0.05, 0.1) is 0 Å². The number of ether oxygens (including phenoxy) is 1. The average Bonchev–Trinajstić information content (AvgIpc) is 2.50. The first-order valence-corrected chi connectivity index (χ1v) is 9.92. The van der Waals surface area contributed by atoms with E-state index < -0.39 is 5.60 Å². The molecular formula is C22H34N2O2. The Morgan fingerprint density at radius 3 is 2.31 bits per heavy atom. The molecule has 1 aromatic heterocycles. The summed E-state index contributed by atoms with van der Waals surface area (Å²) in [7, 11) is 0. The number of hydrogen-bond donors (Lipinski definition) is 0. The smallest absolute Gasteiger partial charge is 0.410 e. The molecule has 1 amide bonds. The number of hydrogen-bond acceptors (Lipinski definition) is 3. The summed E-state index contributed by atoms with van der Waals surface area (Å²) < 4.78 is 5.51. The van der Waals surface area contributed by atoms with Crippen LogP contribution < -0.4 is 0 Å². The standard InChI is InChI=1S/C22H34N2O2/c1-20(2,3)18-13-16(7-10-23-18)17-14-22(15-17)8-11-24(12-9-22)19(25)26-21(4,5)6/h7,10,13,17H,8-9,11-12,14-15H2,1-6H3. The van der Waals surface area contributed by atoms with Crippen molar-refractivity contribution in [1.82, 2.24) is 9.88 Å². The molecule has 2 heterocycles. The number of amides is 1. The van der Waals surface area contributed by atoms with Crippen LogP contribution >= 0.6 is 0 Å². The third kappa shape index (κ3) is 4.21. The van der Waals surface area contributed by atoms with E-state index in [4.69, 9.17) is 4.74 Å². The predicted molar refractivity (Wildman–Crippen MR) is 104 cm³/mol. The van der Waals surface area contributed by atoms with Crippen LogP contribution in [0.1, 0.15) is 84.4 Å². The zero-order valence-corrected chi connectivity index (χ0v) is 17.3. The molecule has 26 heavy (non-hydrogen) atoms. The first-order chi connectivity index (χ1) is 12.0. The monoisotopic (exact) mass is 358 g/mol. The van der Waals surface area contributed by atoms with E-state index in [1.54, 1.807) is 0 Å². The molecule has 3 rings (SSSR count). The lowest BCUT2D eigenvalue weighted by molar-refractivity contribution is -0.0121. The fourth-order valence-electron chi connectivity index (χ4n) is 4.23. The van der Waals surface area contributed by atoms with Crippen LogP contribution in [0.25, 0.3) is 0 Å². The number of rotatable bonds is 1. The summed E-state index contributed by atoms with van der Waals surface area (Å²) in [5.41, 5.74) is 2.71. The van der Waals surface area contributed by atoms with Crippen LogP contribution in [0.2, 0.25) is 0 Å². The molecule has 0 radical (unpaired) electrons. The lowest BCUT2D eigenvalue weighted by atomic mass is 9.56. The zero-order valence-electron chi connectivity index (χ0n) is 17.3. The lowest BCUT2D eigenvalue weighted by Gasteiger charge is -2.52. The van der Waals surface area contributed by atoms with Gasteiger partial charge in [0.1, 0.15) is 5.60 Å². The maximum Gasteiger partial charge on any atom is 0.410 e. The second-order valence-corrected chi connectivity index (χ2v) is 10.3. The highest BCUT2D eigenvalue weighted by atomic mass is 16.6. The van der Waals surface area contributed by atoms with Gasteiger partial charge < -0.3 is 9.64 Å². The normalized spacial score (nSPS) is 20.8. The minimum absolute atomic E-state index is 0.0935. The van der Waals surface area contributed by atoms with E-state index >= 15 is 0 Å². The van der Waals surface area contributed by atoms with Gasteiger partial charge in [-0.1, -0.05) is 20.8 Å². The quantitative estimate of drug-likeness (QED) is 0.686. The summed E-state index contributed by atoms with van der Waals surface area (Å²) in [4.78, 5) is 18.7. The van der Waals surface area contributed by atoms with Gasteiger partial charge in [-0.05, 0) is 75.5 Å². The molecule has 1 saturated carbocycles. The van der Waals surface area contributed by atoms with Crippen molar-refractivity contribution in [3.8, 4) is 0 Å². The Kier molecular flexibility index (Phi) is 4.83. The van der Waals surface area contributed by atoms with Crippen molar-refractivity contribution in [2.24, 2.45) is 5.41 Å². The summed E-state index contributed by atoms with van der Waals surface area (Å²) in [5.74, 6) is 0.646. The molecule has 1 aliphatic heterocycles. The van der Waals surface area contributed by atoms with Gasteiger partial charge in [0, 0.05) is 30.4 Å². The highest BCUT2D eigenvalue weighted by molar-refractivity contribution is 5.68. The van der Waals surface area contributed by atoms with Gasteiger partial charge >= 0.3 is 6.09 Å². The third-order valence-corrected chi connectivity index (χ3v) is 5.86. The van der Waals surface area contributed by atoms with Crippen molar-refractivity contribution in [1.29, 1.82) is 0 Å². The molecule has 144 valence electrons. The molecule has 0 aromatic carbocycles. The van der Waals surface area contributed by atoms with E-state index in [9.17, 15) is 4.79 Å². The van der Waals surface area contributed by atoms with Gasteiger partial charge in [-0.3, -0.25) is 4.98 Å². The fraction of sp³-hybridized carbons (Fsp3) is 0.727. The van der Waals surface area contributed by atoms with Gasteiger partial charge in [0.25, 0.3) is 0 Å². The number of aromatic nitrogens is 1. The van der Waals surface area contributed by atoms with Crippen molar-refractivity contribution in [3.63, 3.8) is 0 Å². The van der Waals surface area contributed by atoms with Gasteiger partial charge in [-0.25, -0.2) is 4.79 Å². The Morgan fingerprint density at radius 1 is 1.15 bits per heavy atom.